The molecule has 0 radical (unpaired) electrons. The average Bonchev–Trinajstić information content (AvgIpc) is 3.22. The van der Waals surface area contributed by atoms with Crippen LogP contribution in [0.25, 0.3) is 0 Å². The summed E-state index contributed by atoms with van der Waals surface area (Å²) in [5.41, 5.74) is 2.14. The van der Waals surface area contributed by atoms with E-state index in [4.69, 9.17) is 0 Å². The maximum atomic E-state index is 12.1. The van der Waals surface area contributed by atoms with E-state index < -0.39 is 0 Å². The minimum atomic E-state index is -0.266. The molecule has 2 rings (SSSR count). The molecule has 0 spiro atoms. The molecule has 1 fully saturated rings. The van der Waals surface area contributed by atoms with E-state index in [2.05, 4.69) is 10.1 Å². The van der Waals surface area contributed by atoms with Gasteiger partial charge in [0.25, 0.3) is 0 Å². The summed E-state index contributed by atoms with van der Waals surface area (Å²) in [6.45, 7) is 2.01. The van der Waals surface area contributed by atoms with E-state index in [0.717, 1.165) is 24.0 Å². The second-order valence-electron chi connectivity index (χ2n) is 5.46. The third-order valence-corrected chi connectivity index (χ3v) is 3.60. The Labute approximate surface area is 119 Å². The molecule has 1 N–H and O–H groups in total. The standard InChI is InChI=1S/C16H21NO3/c1-11-4-3-5-12(8-11)9-15(18)17-14(13-6-7-13)10-16(19)20-2/h3-5,8,13-14H,6-7,9-10H2,1-2H3,(H,17,18)/t14-/m1/s1. The summed E-state index contributed by atoms with van der Waals surface area (Å²) in [7, 11) is 1.38. The van der Waals surface area contributed by atoms with E-state index in [1.807, 2.05) is 31.2 Å². The lowest BCUT2D eigenvalue weighted by Gasteiger charge is -2.17. The third-order valence-electron chi connectivity index (χ3n) is 3.60. The lowest BCUT2D eigenvalue weighted by Crippen LogP contribution is -2.39. The third kappa shape index (κ3) is 4.37. The summed E-state index contributed by atoms with van der Waals surface area (Å²) < 4.78 is 4.68. The number of methoxy groups -OCH3 is 1. The van der Waals surface area contributed by atoms with Crippen molar-refractivity contribution in [2.75, 3.05) is 7.11 Å². The van der Waals surface area contributed by atoms with Crippen molar-refractivity contribution in [2.24, 2.45) is 5.92 Å². The zero-order valence-electron chi connectivity index (χ0n) is 12.0. The summed E-state index contributed by atoms with van der Waals surface area (Å²) in [5.74, 6) is 0.129. The molecule has 0 heterocycles. The normalized spacial score (nSPS) is 15.5. The number of ether oxygens (including phenoxy) is 1. The fraction of sp³-hybridized carbons (Fsp3) is 0.500. The number of rotatable bonds is 6. The first-order chi connectivity index (χ1) is 9.58. The minimum absolute atomic E-state index is 0.0311. The largest absolute Gasteiger partial charge is 0.469 e. The van der Waals surface area contributed by atoms with Gasteiger partial charge in [-0.15, -0.1) is 0 Å². The van der Waals surface area contributed by atoms with Gasteiger partial charge in [0.15, 0.2) is 0 Å². The predicted octanol–water partition coefficient (Wildman–Crippen LogP) is 2.00. The Kier molecular flexibility index (Phi) is 4.77. The molecular weight excluding hydrogens is 254 g/mol. The van der Waals surface area contributed by atoms with Gasteiger partial charge in [0.05, 0.1) is 20.0 Å². The highest BCUT2D eigenvalue weighted by Gasteiger charge is 2.33. The van der Waals surface area contributed by atoms with Crippen molar-refractivity contribution in [2.45, 2.75) is 38.6 Å². The zero-order valence-corrected chi connectivity index (χ0v) is 12.0. The van der Waals surface area contributed by atoms with Crippen LogP contribution >= 0.6 is 0 Å². The quantitative estimate of drug-likeness (QED) is 0.808. The van der Waals surface area contributed by atoms with E-state index >= 15 is 0 Å². The molecule has 0 unspecified atom stereocenters. The Morgan fingerprint density at radius 2 is 2.15 bits per heavy atom. The average molecular weight is 275 g/mol. The Balaban J connectivity index is 1.89. The fourth-order valence-corrected chi connectivity index (χ4v) is 2.36. The molecular formula is C16H21NO3. The van der Waals surface area contributed by atoms with Crippen molar-refractivity contribution < 1.29 is 14.3 Å². The van der Waals surface area contributed by atoms with Crippen molar-refractivity contribution in [1.82, 2.24) is 5.32 Å². The summed E-state index contributed by atoms with van der Waals surface area (Å²) in [4.78, 5) is 23.4. The molecule has 1 saturated carbocycles. The molecule has 0 aliphatic heterocycles. The molecule has 20 heavy (non-hydrogen) atoms. The van der Waals surface area contributed by atoms with Gasteiger partial charge in [-0.05, 0) is 31.2 Å². The molecule has 4 nitrogen and oxygen atoms in total. The second kappa shape index (κ2) is 6.55. The Hall–Kier alpha value is -1.84. The molecule has 4 heteroatoms. The van der Waals surface area contributed by atoms with E-state index in [1.54, 1.807) is 0 Å². The van der Waals surface area contributed by atoms with Crippen molar-refractivity contribution in [1.29, 1.82) is 0 Å². The number of hydrogen-bond donors (Lipinski definition) is 1. The van der Waals surface area contributed by atoms with Crippen LogP contribution in [0.2, 0.25) is 0 Å². The smallest absolute Gasteiger partial charge is 0.307 e. The number of nitrogens with one attached hydrogen (secondary N) is 1. The number of carbonyl (C=O) groups excluding carboxylic acids is 2. The van der Waals surface area contributed by atoms with Gasteiger partial charge in [0.1, 0.15) is 0 Å². The van der Waals surface area contributed by atoms with Crippen molar-refractivity contribution in [3.8, 4) is 0 Å². The van der Waals surface area contributed by atoms with Gasteiger partial charge in [0.2, 0.25) is 5.91 Å². The van der Waals surface area contributed by atoms with Crippen molar-refractivity contribution >= 4 is 11.9 Å². The molecule has 108 valence electrons. The van der Waals surface area contributed by atoms with Crippen LogP contribution in [-0.2, 0) is 20.7 Å². The molecule has 1 aromatic rings. The highest BCUT2D eigenvalue weighted by Crippen LogP contribution is 2.34. The van der Waals surface area contributed by atoms with E-state index in [0.29, 0.717) is 12.3 Å². The molecule has 0 aromatic heterocycles. The fourth-order valence-electron chi connectivity index (χ4n) is 2.36. The van der Waals surface area contributed by atoms with Gasteiger partial charge in [-0.2, -0.15) is 0 Å². The summed E-state index contributed by atoms with van der Waals surface area (Å²) in [6.07, 6.45) is 2.77. The van der Waals surface area contributed by atoms with Crippen molar-refractivity contribution in [3.05, 3.63) is 35.4 Å². The first-order valence-corrected chi connectivity index (χ1v) is 7.00. The number of aryl methyl sites for hydroxylation is 1. The SMILES string of the molecule is COC(=O)C[C@@H](NC(=O)Cc1cccc(C)c1)C1CC1. The molecule has 0 bridgehead atoms. The summed E-state index contributed by atoms with van der Waals surface area (Å²) in [5, 5.41) is 2.97. The van der Waals surface area contributed by atoms with Crippen LogP contribution in [0.4, 0.5) is 0 Å². The van der Waals surface area contributed by atoms with Crippen LogP contribution in [0.15, 0.2) is 24.3 Å². The van der Waals surface area contributed by atoms with E-state index in [-0.39, 0.29) is 24.3 Å². The van der Waals surface area contributed by atoms with Crippen LogP contribution < -0.4 is 5.32 Å². The van der Waals surface area contributed by atoms with Gasteiger partial charge >= 0.3 is 5.97 Å². The molecule has 1 aliphatic carbocycles. The molecule has 1 amide bonds. The van der Waals surface area contributed by atoms with Gasteiger partial charge < -0.3 is 10.1 Å². The van der Waals surface area contributed by atoms with Crippen LogP contribution in [0.1, 0.15) is 30.4 Å². The first kappa shape index (κ1) is 14.6. The number of carbonyl (C=O) groups is 2. The topological polar surface area (TPSA) is 55.4 Å². The second-order valence-corrected chi connectivity index (χ2v) is 5.46. The molecule has 1 aliphatic rings. The first-order valence-electron chi connectivity index (χ1n) is 7.00. The highest BCUT2D eigenvalue weighted by atomic mass is 16.5. The number of hydrogen-bond acceptors (Lipinski definition) is 3. The van der Waals surface area contributed by atoms with E-state index in [9.17, 15) is 9.59 Å². The zero-order chi connectivity index (χ0) is 14.5. The lowest BCUT2D eigenvalue weighted by molar-refractivity contribution is -0.141. The Bertz CT molecular complexity index is 494. The van der Waals surface area contributed by atoms with Gasteiger partial charge in [-0.25, -0.2) is 0 Å². The number of esters is 1. The van der Waals surface area contributed by atoms with Crippen LogP contribution in [0.5, 0.6) is 0 Å². The minimum Gasteiger partial charge on any atom is -0.469 e. The lowest BCUT2D eigenvalue weighted by atomic mass is 10.1. The van der Waals surface area contributed by atoms with Gasteiger partial charge in [0, 0.05) is 6.04 Å². The van der Waals surface area contributed by atoms with Crippen molar-refractivity contribution in [3.63, 3.8) is 0 Å². The summed E-state index contributed by atoms with van der Waals surface area (Å²) >= 11 is 0. The monoisotopic (exact) mass is 275 g/mol. The van der Waals surface area contributed by atoms with E-state index in [1.165, 1.54) is 7.11 Å². The Morgan fingerprint density at radius 1 is 1.40 bits per heavy atom. The van der Waals surface area contributed by atoms with Gasteiger partial charge in [-0.1, -0.05) is 29.8 Å². The summed E-state index contributed by atoms with van der Waals surface area (Å²) in [6, 6.07) is 7.82. The maximum absolute atomic E-state index is 12.1. The maximum Gasteiger partial charge on any atom is 0.307 e. The number of amides is 1. The predicted molar refractivity (Wildman–Crippen MR) is 76.2 cm³/mol. The molecule has 1 atom stereocenters. The van der Waals surface area contributed by atoms with Crippen LogP contribution in [-0.4, -0.2) is 25.0 Å². The molecule has 0 saturated heterocycles. The van der Waals surface area contributed by atoms with Crippen LogP contribution in [0.3, 0.4) is 0 Å². The molecule has 1 aromatic carbocycles. The Morgan fingerprint density at radius 3 is 2.75 bits per heavy atom. The highest BCUT2D eigenvalue weighted by molar-refractivity contribution is 5.80. The van der Waals surface area contributed by atoms with Crippen LogP contribution in [0, 0.1) is 12.8 Å². The number of benzene rings is 1. The van der Waals surface area contributed by atoms with Gasteiger partial charge in [-0.3, -0.25) is 9.59 Å².